The van der Waals surface area contributed by atoms with Crippen molar-refractivity contribution in [1.29, 1.82) is 0 Å². The van der Waals surface area contributed by atoms with Gasteiger partial charge < -0.3 is 0 Å². The maximum absolute atomic E-state index is 5.86. The Morgan fingerprint density at radius 2 is 2.18 bits per heavy atom. The topological polar surface area (TPSA) is 12.4 Å². The second kappa shape index (κ2) is 3.51. The van der Waals surface area contributed by atoms with Crippen molar-refractivity contribution >= 4 is 40.6 Å². The second-order valence-corrected chi connectivity index (χ2v) is 3.71. The minimum Gasteiger partial charge on any atom is -0.221 e. The number of hydrogen-bond acceptors (Lipinski definition) is 2. The fourth-order valence-corrected chi connectivity index (χ4v) is 1.27. The lowest BCUT2D eigenvalue weighted by atomic mass is 10.1. The summed E-state index contributed by atoms with van der Waals surface area (Å²) < 4.78 is -0.972. The molecular weight excluding hydrogens is 201 g/mol. The molecule has 0 saturated carbocycles. The lowest BCUT2D eigenvalue weighted by Crippen LogP contribution is -2.26. The van der Waals surface area contributed by atoms with Crippen molar-refractivity contribution < 1.29 is 0 Å². The molecule has 0 bridgehead atoms. The number of isothiocyanates is 1. The molecule has 1 aliphatic rings. The highest BCUT2D eigenvalue weighted by molar-refractivity contribution is 7.78. The molecule has 0 radical (unpaired) electrons. The van der Waals surface area contributed by atoms with Crippen LogP contribution in [0.2, 0.25) is 0 Å². The molecule has 0 N–H and O–H groups in total. The molecule has 0 heterocycles. The molecule has 0 aromatic heterocycles. The van der Waals surface area contributed by atoms with Gasteiger partial charge in [-0.05, 0) is 18.3 Å². The first-order chi connectivity index (χ1) is 5.17. The fraction of sp³-hybridized carbons (Fsp3) is 0.286. The van der Waals surface area contributed by atoms with Gasteiger partial charge in [-0.25, -0.2) is 4.99 Å². The zero-order valence-electron chi connectivity index (χ0n) is 5.50. The van der Waals surface area contributed by atoms with Crippen LogP contribution in [0.4, 0.5) is 0 Å². The van der Waals surface area contributed by atoms with Crippen LogP contribution in [0, 0.1) is 0 Å². The minimum absolute atomic E-state index is 0.312. The number of nitrogens with zero attached hydrogens (tertiary/aromatic N) is 1. The predicted octanol–water partition coefficient (Wildman–Crippen LogP) is 2.76. The van der Waals surface area contributed by atoms with Crippen molar-refractivity contribution in [3.63, 3.8) is 0 Å². The lowest BCUT2D eigenvalue weighted by Gasteiger charge is -2.21. The summed E-state index contributed by atoms with van der Waals surface area (Å²) in [5.41, 5.74) is 0. The van der Waals surface area contributed by atoms with Crippen LogP contribution < -0.4 is 0 Å². The molecule has 58 valence electrons. The van der Waals surface area contributed by atoms with E-state index in [1.165, 1.54) is 0 Å². The third-order valence-electron chi connectivity index (χ3n) is 1.31. The van der Waals surface area contributed by atoms with Crippen LogP contribution in [-0.4, -0.2) is 15.5 Å². The van der Waals surface area contributed by atoms with Crippen molar-refractivity contribution in [2.75, 3.05) is 0 Å². The molecule has 4 heteroatoms. The Balaban J connectivity index is 2.88. The van der Waals surface area contributed by atoms with E-state index in [0.29, 0.717) is 0 Å². The number of alkyl halides is 2. The van der Waals surface area contributed by atoms with Gasteiger partial charge in [0, 0.05) is 0 Å². The van der Waals surface area contributed by atoms with Crippen molar-refractivity contribution in [3.05, 3.63) is 24.3 Å². The number of aliphatic imine (C=N–C) groups is 1. The van der Waals surface area contributed by atoms with Gasteiger partial charge in [-0.1, -0.05) is 41.4 Å². The molecule has 0 amide bonds. The van der Waals surface area contributed by atoms with Gasteiger partial charge in [0.05, 0.1) is 5.16 Å². The number of rotatable bonds is 1. The fourth-order valence-electron chi connectivity index (χ4n) is 0.766. The Bertz CT molecular complexity index is 251. The molecule has 1 aliphatic carbocycles. The summed E-state index contributed by atoms with van der Waals surface area (Å²) in [6.45, 7) is 0. The zero-order chi connectivity index (χ0) is 8.32. The van der Waals surface area contributed by atoms with Crippen LogP contribution in [0.5, 0.6) is 0 Å². The standard InChI is InChI=1S/C7H5Cl2NS/c8-7(9)4-2-1-3-6(7)10-5-11/h1-4,6H. The molecule has 0 aromatic rings. The van der Waals surface area contributed by atoms with Gasteiger partial charge >= 0.3 is 0 Å². The van der Waals surface area contributed by atoms with Crippen LogP contribution >= 0.6 is 35.4 Å². The summed E-state index contributed by atoms with van der Waals surface area (Å²) in [6.07, 6.45) is 7.04. The molecule has 1 unspecified atom stereocenters. The first-order valence-corrected chi connectivity index (χ1v) is 4.14. The molecule has 0 aliphatic heterocycles. The van der Waals surface area contributed by atoms with Gasteiger partial charge in [-0.3, -0.25) is 0 Å². The Morgan fingerprint density at radius 3 is 2.73 bits per heavy atom. The molecule has 1 atom stereocenters. The third-order valence-corrected chi connectivity index (χ3v) is 2.11. The van der Waals surface area contributed by atoms with Gasteiger partial charge in [-0.15, -0.1) is 0 Å². The van der Waals surface area contributed by atoms with E-state index >= 15 is 0 Å². The molecule has 0 spiro atoms. The van der Waals surface area contributed by atoms with E-state index in [0.717, 1.165) is 0 Å². The Morgan fingerprint density at radius 1 is 1.45 bits per heavy atom. The lowest BCUT2D eigenvalue weighted by molar-refractivity contribution is 0.787. The average Bonchev–Trinajstić information content (AvgIpc) is 1.94. The molecule has 1 rings (SSSR count). The smallest absolute Gasteiger partial charge is 0.163 e. The monoisotopic (exact) mass is 205 g/mol. The second-order valence-electron chi connectivity index (χ2n) is 2.08. The summed E-state index contributed by atoms with van der Waals surface area (Å²) in [4.78, 5) is 3.80. The normalized spacial score (nSPS) is 26.2. The summed E-state index contributed by atoms with van der Waals surface area (Å²) in [5.74, 6) is 0. The highest BCUT2D eigenvalue weighted by atomic mass is 35.5. The number of thiocarbonyl (C=S) groups is 1. The largest absolute Gasteiger partial charge is 0.221 e. The first-order valence-electron chi connectivity index (χ1n) is 2.97. The van der Waals surface area contributed by atoms with Crippen molar-refractivity contribution in [2.24, 2.45) is 4.99 Å². The quantitative estimate of drug-likeness (QED) is 0.365. The highest BCUT2D eigenvalue weighted by Crippen LogP contribution is 2.32. The van der Waals surface area contributed by atoms with Crippen LogP contribution in [0.25, 0.3) is 0 Å². The Kier molecular flexibility index (Phi) is 2.85. The van der Waals surface area contributed by atoms with Gasteiger partial charge in [0.2, 0.25) is 0 Å². The van der Waals surface area contributed by atoms with Crippen molar-refractivity contribution in [3.8, 4) is 0 Å². The molecule has 1 nitrogen and oxygen atoms in total. The molecule has 0 aromatic carbocycles. The van der Waals surface area contributed by atoms with Crippen LogP contribution in [0.3, 0.4) is 0 Å². The van der Waals surface area contributed by atoms with Gasteiger partial charge in [0.1, 0.15) is 6.04 Å². The van der Waals surface area contributed by atoms with Crippen LogP contribution in [0.1, 0.15) is 0 Å². The van der Waals surface area contributed by atoms with E-state index < -0.39 is 4.33 Å². The number of halogens is 2. The predicted molar refractivity (Wildman–Crippen MR) is 51.5 cm³/mol. The van der Waals surface area contributed by atoms with E-state index in [1.807, 2.05) is 6.08 Å². The van der Waals surface area contributed by atoms with E-state index in [9.17, 15) is 0 Å². The molecule has 11 heavy (non-hydrogen) atoms. The van der Waals surface area contributed by atoms with Crippen molar-refractivity contribution in [2.45, 2.75) is 10.4 Å². The van der Waals surface area contributed by atoms with Crippen LogP contribution in [0.15, 0.2) is 29.3 Å². The van der Waals surface area contributed by atoms with E-state index in [2.05, 4.69) is 22.4 Å². The first kappa shape index (κ1) is 8.95. The maximum atomic E-state index is 5.86. The molecule has 0 fully saturated rings. The number of allylic oxidation sites excluding steroid dienone is 2. The zero-order valence-corrected chi connectivity index (χ0v) is 7.83. The molecular formula is C7H5Cl2NS. The average molecular weight is 206 g/mol. The van der Waals surface area contributed by atoms with Gasteiger partial charge in [0.25, 0.3) is 0 Å². The summed E-state index contributed by atoms with van der Waals surface area (Å²) >= 11 is 16.2. The summed E-state index contributed by atoms with van der Waals surface area (Å²) in [5, 5.41) is 2.25. The van der Waals surface area contributed by atoms with E-state index in [1.54, 1.807) is 18.2 Å². The third kappa shape index (κ3) is 2.14. The SMILES string of the molecule is S=C=NC1C=CC=CC1(Cl)Cl. The van der Waals surface area contributed by atoms with Crippen molar-refractivity contribution in [1.82, 2.24) is 0 Å². The van der Waals surface area contributed by atoms with E-state index in [-0.39, 0.29) is 6.04 Å². The van der Waals surface area contributed by atoms with E-state index in [4.69, 9.17) is 23.2 Å². The maximum Gasteiger partial charge on any atom is 0.163 e. The minimum atomic E-state index is -0.972. The Hall–Kier alpha value is -0.140. The highest BCUT2D eigenvalue weighted by Gasteiger charge is 2.31. The van der Waals surface area contributed by atoms with Gasteiger partial charge in [-0.2, -0.15) is 0 Å². The number of hydrogen-bond donors (Lipinski definition) is 0. The summed E-state index contributed by atoms with van der Waals surface area (Å²) in [6, 6.07) is -0.312. The van der Waals surface area contributed by atoms with Gasteiger partial charge in [0.15, 0.2) is 4.33 Å². The molecule has 0 saturated heterocycles. The Labute approximate surface area is 80.4 Å². The van der Waals surface area contributed by atoms with Crippen LogP contribution in [-0.2, 0) is 0 Å². The summed E-state index contributed by atoms with van der Waals surface area (Å²) in [7, 11) is 0.